The summed E-state index contributed by atoms with van der Waals surface area (Å²) in [4.78, 5) is 15.4. The van der Waals surface area contributed by atoms with E-state index in [2.05, 4.69) is 4.98 Å². The number of nitrogens with two attached hydrogens (primary N) is 1. The molecular formula is C16H12F3N3O. The fourth-order valence-electron chi connectivity index (χ4n) is 2.53. The Hall–Kier alpha value is -2.83. The molecule has 23 heavy (non-hydrogen) atoms. The molecule has 1 amide bonds. The number of alkyl halides is 3. The molecule has 2 N–H and O–H groups in total. The summed E-state index contributed by atoms with van der Waals surface area (Å²) in [6, 6.07) is 7.27. The average Bonchev–Trinajstić information content (AvgIpc) is 2.84. The maximum absolute atomic E-state index is 13.3. The number of benzene rings is 1. The predicted molar refractivity (Wildman–Crippen MR) is 78.9 cm³/mol. The van der Waals surface area contributed by atoms with Crippen molar-refractivity contribution in [3.8, 4) is 11.1 Å². The van der Waals surface area contributed by atoms with Crippen LogP contribution in [0.5, 0.6) is 0 Å². The van der Waals surface area contributed by atoms with Crippen LogP contribution in [0.25, 0.3) is 16.8 Å². The van der Waals surface area contributed by atoms with Gasteiger partial charge in [-0.2, -0.15) is 13.2 Å². The molecule has 0 aliphatic rings. The molecule has 0 saturated heterocycles. The summed E-state index contributed by atoms with van der Waals surface area (Å²) in [6.07, 6.45) is -1.55. The number of carbonyl (C=O) groups excluding carboxylic acids is 1. The number of halogens is 3. The molecule has 0 fully saturated rings. The minimum atomic E-state index is -4.56. The Morgan fingerprint density at radius 3 is 2.57 bits per heavy atom. The topological polar surface area (TPSA) is 60.4 Å². The van der Waals surface area contributed by atoms with Gasteiger partial charge < -0.3 is 10.1 Å². The number of aromatic nitrogens is 2. The first kappa shape index (κ1) is 15.1. The van der Waals surface area contributed by atoms with Gasteiger partial charge >= 0.3 is 6.18 Å². The second kappa shape index (κ2) is 5.12. The monoisotopic (exact) mass is 319 g/mol. The maximum atomic E-state index is 13.3. The van der Waals surface area contributed by atoms with E-state index in [4.69, 9.17) is 5.73 Å². The number of pyridine rings is 1. The Labute approximate surface area is 129 Å². The van der Waals surface area contributed by atoms with Crippen molar-refractivity contribution >= 4 is 11.6 Å². The fourth-order valence-corrected chi connectivity index (χ4v) is 2.53. The van der Waals surface area contributed by atoms with Crippen LogP contribution >= 0.6 is 0 Å². The molecule has 2 aromatic heterocycles. The molecule has 0 spiro atoms. The van der Waals surface area contributed by atoms with Crippen molar-refractivity contribution in [3.05, 3.63) is 59.5 Å². The van der Waals surface area contributed by atoms with Gasteiger partial charge in [0.2, 0.25) is 5.91 Å². The molecule has 0 radical (unpaired) electrons. The first-order chi connectivity index (χ1) is 10.8. The number of aryl methyl sites for hydroxylation is 1. The SMILES string of the molecule is Cc1cn2cc(-c3ccccc3C(N)=O)cc(C(F)(F)F)c2n1. The van der Waals surface area contributed by atoms with Crippen molar-refractivity contribution in [3.63, 3.8) is 0 Å². The minimum Gasteiger partial charge on any atom is -0.366 e. The Morgan fingerprint density at radius 2 is 1.91 bits per heavy atom. The highest BCUT2D eigenvalue weighted by molar-refractivity contribution is 5.99. The third kappa shape index (κ3) is 2.65. The highest BCUT2D eigenvalue weighted by atomic mass is 19.4. The van der Waals surface area contributed by atoms with E-state index in [1.807, 2.05) is 0 Å². The van der Waals surface area contributed by atoms with Gasteiger partial charge in [0.05, 0.1) is 11.3 Å². The lowest BCUT2D eigenvalue weighted by Gasteiger charge is -2.12. The van der Waals surface area contributed by atoms with Gasteiger partial charge in [-0.1, -0.05) is 18.2 Å². The molecule has 0 bridgehead atoms. The summed E-state index contributed by atoms with van der Waals surface area (Å²) in [5, 5.41) is 0. The van der Waals surface area contributed by atoms with Crippen molar-refractivity contribution in [2.24, 2.45) is 5.73 Å². The standard InChI is InChI=1S/C16H12F3N3O/c1-9-7-22-8-10(6-13(15(22)21-9)16(17,18)19)11-4-2-3-5-12(11)14(20)23/h2-8H,1H3,(H2,20,23). The van der Waals surface area contributed by atoms with Crippen molar-refractivity contribution in [1.29, 1.82) is 0 Å². The smallest absolute Gasteiger partial charge is 0.366 e. The normalized spacial score (nSPS) is 11.8. The van der Waals surface area contributed by atoms with Crippen LogP contribution < -0.4 is 5.73 Å². The fraction of sp³-hybridized carbons (Fsp3) is 0.125. The quantitative estimate of drug-likeness (QED) is 0.786. The highest BCUT2D eigenvalue weighted by Crippen LogP contribution is 2.35. The van der Waals surface area contributed by atoms with Crippen LogP contribution in [-0.2, 0) is 6.18 Å². The van der Waals surface area contributed by atoms with Crippen LogP contribution in [0.1, 0.15) is 21.6 Å². The van der Waals surface area contributed by atoms with Gasteiger partial charge in [-0.25, -0.2) is 4.98 Å². The summed E-state index contributed by atoms with van der Waals surface area (Å²) >= 11 is 0. The van der Waals surface area contributed by atoms with Crippen molar-refractivity contribution in [2.45, 2.75) is 13.1 Å². The number of fused-ring (bicyclic) bond motifs is 1. The molecule has 0 saturated carbocycles. The molecule has 0 aliphatic heterocycles. The molecule has 0 atom stereocenters. The lowest BCUT2D eigenvalue weighted by Crippen LogP contribution is -2.13. The second-order valence-electron chi connectivity index (χ2n) is 5.16. The number of carbonyl (C=O) groups is 1. The number of primary amides is 1. The number of imidazole rings is 1. The largest absolute Gasteiger partial charge is 0.420 e. The minimum absolute atomic E-state index is 0.164. The van der Waals surface area contributed by atoms with E-state index < -0.39 is 17.6 Å². The Bertz CT molecular complexity index is 913. The van der Waals surface area contributed by atoms with E-state index in [1.165, 1.54) is 22.9 Å². The zero-order valence-electron chi connectivity index (χ0n) is 12.1. The molecule has 118 valence electrons. The zero-order chi connectivity index (χ0) is 16.8. The van der Waals surface area contributed by atoms with Gasteiger partial charge in [0.25, 0.3) is 0 Å². The van der Waals surface area contributed by atoms with E-state index in [9.17, 15) is 18.0 Å². The van der Waals surface area contributed by atoms with Crippen LogP contribution in [0.15, 0.2) is 42.7 Å². The Kier molecular flexibility index (Phi) is 3.35. The van der Waals surface area contributed by atoms with E-state index >= 15 is 0 Å². The molecule has 7 heteroatoms. The van der Waals surface area contributed by atoms with E-state index in [0.717, 1.165) is 6.07 Å². The number of amides is 1. The number of hydrogen-bond donors (Lipinski definition) is 1. The first-order valence-corrected chi connectivity index (χ1v) is 6.73. The van der Waals surface area contributed by atoms with Crippen LogP contribution in [0, 0.1) is 6.92 Å². The summed E-state index contributed by atoms with van der Waals surface area (Å²) in [5.74, 6) is -0.698. The molecule has 1 aromatic carbocycles. The van der Waals surface area contributed by atoms with Gasteiger partial charge in [-0.05, 0) is 30.2 Å². The number of rotatable bonds is 2. The molecule has 2 heterocycles. The zero-order valence-corrected chi connectivity index (χ0v) is 12.1. The summed E-state index contributed by atoms with van der Waals surface area (Å²) in [5.41, 5.74) is 5.51. The van der Waals surface area contributed by atoms with Gasteiger partial charge in [0, 0.05) is 18.0 Å². The van der Waals surface area contributed by atoms with Gasteiger partial charge in [-0.15, -0.1) is 0 Å². The highest BCUT2D eigenvalue weighted by Gasteiger charge is 2.34. The lowest BCUT2D eigenvalue weighted by molar-refractivity contribution is -0.136. The average molecular weight is 319 g/mol. The molecule has 0 unspecified atom stereocenters. The van der Waals surface area contributed by atoms with Gasteiger partial charge in [-0.3, -0.25) is 4.79 Å². The summed E-state index contributed by atoms with van der Waals surface area (Å²) in [7, 11) is 0. The van der Waals surface area contributed by atoms with Crippen molar-refractivity contribution < 1.29 is 18.0 Å². The molecular weight excluding hydrogens is 307 g/mol. The van der Waals surface area contributed by atoms with Gasteiger partial charge in [0.15, 0.2) is 0 Å². The summed E-state index contributed by atoms with van der Waals surface area (Å²) in [6.45, 7) is 1.62. The number of hydrogen-bond acceptors (Lipinski definition) is 2. The predicted octanol–water partition coefficient (Wildman–Crippen LogP) is 3.43. The van der Waals surface area contributed by atoms with E-state index in [-0.39, 0.29) is 16.8 Å². The van der Waals surface area contributed by atoms with Crippen LogP contribution in [0.3, 0.4) is 0 Å². The van der Waals surface area contributed by atoms with Gasteiger partial charge in [0.1, 0.15) is 5.65 Å². The second-order valence-corrected chi connectivity index (χ2v) is 5.16. The number of nitrogens with zero attached hydrogens (tertiary/aromatic N) is 2. The van der Waals surface area contributed by atoms with E-state index in [0.29, 0.717) is 11.3 Å². The third-order valence-corrected chi connectivity index (χ3v) is 3.48. The Morgan fingerprint density at radius 1 is 1.22 bits per heavy atom. The molecule has 4 nitrogen and oxygen atoms in total. The first-order valence-electron chi connectivity index (χ1n) is 6.73. The van der Waals surface area contributed by atoms with Crippen LogP contribution in [0.4, 0.5) is 13.2 Å². The van der Waals surface area contributed by atoms with Crippen molar-refractivity contribution in [2.75, 3.05) is 0 Å². The van der Waals surface area contributed by atoms with Crippen LogP contribution in [-0.4, -0.2) is 15.3 Å². The van der Waals surface area contributed by atoms with Crippen LogP contribution in [0.2, 0.25) is 0 Å². The summed E-state index contributed by atoms with van der Waals surface area (Å²) < 4.78 is 41.3. The third-order valence-electron chi connectivity index (χ3n) is 3.48. The van der Waals surface area contributed by atoms with E-state index in [1.54, 1.807) is 25.1 Å². The maximum Gasteiger partial charge on any atom is 0.420 e. The lowest BCUT2D eigenvalue weighted by atomic mass is 9.99. The molecule has 3 rings (SSSR count). The molecule has 0 aliphatic carbocycles. The Balaban J connectivity index is 2.34. The van der Waals surface area contributed by atoms with Crippen molar-refractivity contribution in [1.82, 2.24) is 9.38 Å². The molecule has 3 aromatic rings.